The third kappa shape index (κ3) is 1.57. The molecule has 0 aromatic heterocycles. The third-order valence-corrected chi connectivity index (χ3v) is 2.96. The van der Waals surface area contributed by atoms with Gasteiger partial charge >= 0.3 is 0 Å². The average Bonchev–Trinajstić information content (AvgIpc) is 2.49. The lowest BCUT2D eigenvalue weighted by atomic mass is 9.90. The quantitative estimate of drug-likeness (QED) is 0.643. The van der Waals surface area contributed by atoms with Gasteiger partial charge in [-0.05, 0) is 19.3 Å². The van der Waals surface area contributed by atoms with E-state index < -0.39 is 0 Å². The van der Waals surface area contributed by atoms with Crippen LogP contribution in [0.4, 0.5) is 0 Å². The predicted octanol–water partition coefficient (Wildman–Crippen LogP) is 1.18. The van der Waals surface area contributed by atoms with Gasteiger partial charge in [-0.25, -0.2) is 0 Å². The highest BCUT2D eigenvalue weighted by Gasteiger charge is 2.47. The molecule has 13 heavy (non-hydrogen) atoms. The SMILES string of the molecule is CCCC(=O)N1CC2(CCCO2)C1. The van der Waals surface area contributed by atoms with E-state index >= 15 is 0 Å². The standard InChI is InChI=1S/C10H17NO2/c1-2-4-9(12)11-7-10(8-11)5-3-6-13-10/h2-8H2,1H3. The summed E-state index contributed by atoms with van der Waals surface area (Å²) in [6.07, 6.45) is 3.94. The van der Waals surface area contributed by atoms with Crippen molar-refractivity contribution in [3.8, 4) is 0 Å². The Bertz CT molecular complexity index is 201. The van der Waals surface area contributed by atoms with Gasteiger partial charge in [0.15, 0.2) is 0 Å². The molecule has 0 atom stereocenters. The van der Waals surface area contributed by atoms with E-state index in [0.717, 1.165) is 39.0 Å². The van der Waals surface area contributed by atoms with Crippen molar-refractivity contribution in [2.24, 2.45) is 0 Å². The van der Waals surface area contributed by atoms with Crippen molar-refractivity contribution in [2.75, 3.05) is 19.7 Å². The van der Waals surface area contributed by atoms with E-state index in [4.69, 9.17) is 4.74 Å². The summed E-state index contributed by atoms with van der Waals surface area (Å²) >= 11 is 0. The molecular formula is C10H17NO2. The van der Waals surface area contributed by atoms with Crippen molar-refractivity contribution in [3.63, 3.8) is 0 Å². The number of rotatable bonds is 2. The number of hydrogen-bond acceptors (Lipinski definition) is 2. The van der Waals surface area contributed by atoms with E-state index in [2.05, 4.69) is 0 Å². The minimum atomic E-state index is 0.0728. The number of hydrogen-bond donors (Lipinski definition) is 0. The fourth-order valence-electron chi connectivity index (χ4n) is 2.20. The van der Waals surface area contributed by atoms with E-state index in [1.165, 1.54) is 0 Å². The topological polar surface area (TPSA) is 29.5 Å². The van der Waals surface area contributed by atoms with Gasteiger partial charge in [-0.1, -0.05) is 6.92 Å². The molecule has 0 N–H and O–H groups in total. The minimum Gasteiger partial charge on any atom is -0.371 e. The first kappa shape index (κ1) is 9.00. The van der Waals surface area contributed by atoms with Gasteiger partial charge in [0.25, 0.3) is 0 Å². The van der Waals surface area contributed by atoms with Crippen molar-refractivity contribution in [1.82, 2.24) is 4.90 Å². The molecule has 74 valence electrons. The Balaban J connectivity index is 1.80. The van der Waals surface area contributed by atoms with Gasteiger partial charge in [0.2, 0.25) is 5.91 Å². The van der Waals surface area contributed by atoms with Gasteiger partial charge in [-0.15, -0.1) is 0 Å². The number of carbonyl (C=O) groups excluding carboxylic acids is 1. The van der Waals surface area contributed by atoms with Crippen molar-refractivity contribution < 1.29 is 9.53 Å². The molecular weight excluding hydrogens is 166 g/mol. The van der Waals surface area contributed by atoms with Crippen molar-refractivity contribution in [1.29, 1.82) is 0 Å². The van der Waals surface area contributed by atoms with Gasteiger partial charge in [0, 0.05) is 13.0 Å². The highest BCUT2D eigenvalue weighted by atomic mass is 16.5. The number of likely N-dealkylation sites (tertiary alicyclic amines) is 1. The Kier molecular flexibility index (Phi) is 2.28. The minimum absolute atomic E-state index is 0.0728. The summed E-state index contributed by atoms with van der Waals surface area (Å²) in [6.45, 7) is 4.60. The fourth-order valence-corrected chi connectivity index (χ4v) is 2.20. The highest BCUT2D eigenvalue weighted by Crippen LogP contribution is 2.34. The molecule has 0 radical (unpaired) electrons. The number of nitrogens with zero attached hydrogens (tertiary/aromatic N) is 1. The first-order chi connectivity index (χ1) is 6.26. The van der Waals surface area contributed by atoms with E-state index in [1.807, 2.05) is 11.8 Å². The molecule has 0 aliphatic carbocycles. The Morgan fingerprint density at radius 2 is 2.31 bits per heavy atom. The highest BCUT2D eigenvalue weighted by molar-refractivity contribution is 5.77. The van der Waals surface area contributed by atoms with Crippen LogP contribution < -0.4 is 0 Å². The van der Waals surface area contributed by atoms with Gasteiger partial charge < -0.3 is 9.64 Å². The van der Waals surface area contributed by atoms with Crippen LogP contribution in [-0.2, 0) is 9.53 Å². The van der Waals surface area contributed by atoms with Crippen LogP contribution in [0.25, 0.3) is 0 Å². The van der Waals surface area contributed by atoms with Crippen LogP contribution in [0.2, 0.25) is 0 Å². The summed E-state index contributed by atoms with van der Waals surface area (Å²) in [7, 11) is 0. The van der Waals surface area contributed by atoms with Crippen LogP contribution in [0.15, 0.2) is 0 Å². The van der Waals surface area contributed by atoms with Gasteiger partial charge in [0.05, 0.1) is 13.1 Å². The summed E-state index contributed by atoms with van der Waals surface area (Å²) in [4.78, 5) is 13.4. The van der Waals surface area contributed by atoms with Crippen LogP contribution in [0.1, 0.15) is 32.6 Å². The lowest BCUT2D eigenvalue weighted by Gasteiger charge is -2.47. The smallest absolute Gasteiger partial charge is 0.222 e. The summed E-state index contributed by atoms with van der Waals surface area (Å²) in [6, 6.07) is 0. The molecule has 3 nitrogen and oxygen atoms in total. The molecule has 2 saturated heterocycles. The molecule has 0 aromatic rings. The number of carbonyl (C=O) groups is 1. The van der Waals surface area contributed by atoms with E-state index in [-0.39, 0.29) is 5.60 Å². The molecule has 0 aromatic carbocycles. The second-order valence-corrected chi connectivity index (χ2v) is 4.13. The Morgan fingerprint density at radius 3 is 2.85 bits per heavy atom. The zero-order chi connectivity index (χ0) is 9.31. The maximum Gasteiger partial charge on any atom is 0.222 e. The first-order valence-electron chi connectivity index (χ1n) is 5.17. The summed E-state index contributed by atoms with van der Waals surface area (Å²) in [5.74, 6) is 0.295. The Labute approximate surface area is 79.0 Å². The maximum atomic E-state index is 11.4. The van der Waals surface area contributed by atoms with Crippen LogP contribution in [0.3, 0.4) is 0 Å². The zero-order valence-corrected chi connectivity index (χ0v) is 8.21. The molecule has 2 fully saturated rings. The second-order valence-electron chi connectivity index (χ2n) is 4.13. The van der Waals surface area contributed by atoms with Crippen molar-refractivity contribution >= 4 is 5.91 Å². The molecule has 2 aliphatic rings. The molecule has 2 aliphatic heterocycles. The molecule has 1 amide bonds. The Morgan fingerprint density at radius 1 is 1.54 bits per heavy atom. The van der Waals surface area contributed by atoms with Gasteiger partial charge in [-0.2, -0.15) is 0 Å². The fraction of sp³-hybridized carbons (Fsp3) is 0.900. The zero-order valence-electron chi connectivity index (χ0n) is 8.21. The Hall–Kier alpha value is -0.570. The van der Waals surface area contributed by atoms with Crippen LogP contribution in [0.5, 0.6) is 0 Å². The summed E-state index contributed by atoms with van der Waals surface area (Å²) in [5, 5.41) is 0. The maximum absolute atomic E-state index is 11.4. The van der Waals surface area contributed by atoms with E-state index in [9.17, 15) is 4.79 Å². The van der Waals surface area contributed by atoms with Gasteiger partial charge in [-0.3, -0.25) is 4.79 Å². The summed E-state index contributed by atoms with van der Waals surface area (Å²) < 4.78 is 5.64. The third-order valence-electron chi connectivity index (χ3n) is 2.96. The van der Waals surface area contributed by atoms with E-state index in [1.54, 1.807) is 0 Å². The molecule has 0 bridgehead atoms. The number of ether oxygens (including phenoxy) is 1. The predicted molar refractivity (Wildman–Crippen MR) is 49.4 cm³/mol. The average molecular weight is 183 g/mol. The van der Waals surface area contributed by atoms with Crippen LogP contribution in [0, 0.1) is 0 Å². The van der Waals surface area contributed by atoms with Gasteiger partial charge in [0.1, 0.15) is 5.60 Å². The monoisotopic (exact) mass is 183 g/mol. The molecule has 0 saturated carbocycles. The lowest BCUT2D eigenvalue weighted by molar-refractivity contribution is -0.157. The van der Waals surface area contributed by atoms with Crippen molar-refractivity contribution in [3.05, 3.63) is 0 Å². The first-order valence-corrected chi connectivity index (χ1v) is 5.17. The van der Waals surface area contributed by atoms with Crippen LogP contribution >= 0.6 is 0 Å². The molecule has 0 unspecified atom stereocenters. The largest absolute Gasteiger partial charge is 0.371 e. The molecule has 2 heterocycles. The molecule has 3 heteroatoms. The second kappa shape index (κ2) is 3.29. The summed E-state index contributed by atoms with van der Waals surface area (Å²) in [5.41, 5.74) is 0.0728. The van der Waals surface area contributed by atoms with Crippen LogP contribution in [-0.4, -0.2) is 36.1 Å². The lowest BCUT2D eigenvalue weighted by Crippen LogP contribution is -2.63. The van der Waals surface area contributed by atoms with E-state index in [0.29, 0.717) is 12.3 Å². The normalized spacial score (nSPS) is 24.8. The molecule has 2 rings (SSSR count). The molecule has 1 spiro atoms. The number of amides is 1. The van der Waals surface area contributed by atoms with Crippen molar-refractivity contribution in [2.45, 2.75) is 38.2 Å².